The maximum atomic E-state index is 12.4. The summed E-state index contributed by atoms with van der Waals surface area (Å²) in [7, 11) is 0. The van der Waals surface area contributed by atoms with Gasteiger partial charge in [0.1, 0.15) is 43.8 Å². The first-order chi connectivity index (χ1) is 46.6. The minimum atomic E-state index is -0.173. The second kappa shape index (κ2) is 27.8. The van der Waals surface area contributed by atoms with Crippen LogP contribution in [-0.2, 0) is 29.2 Å². The highest BCUT2D eigenvalue weighted by Crippen LogP contribution is 2.42. The third kappa shape index (κ3) is 13.6. The molecule has 24 nitrogen and oxygen atoms in total. The number of nitrogens with zero attached hydrogens (tertiary/aromatic N) is 13. The molecule has 11 aromatic rings. The van der Waals surface area contributed by atoms with Crippen LogP contribution in [-0.4, -0.2) is 89.9 Å². The van der Waals surface area contributed by atoms with Crippen molar-refractivity contribution >= 4 is 114 Å². The quantitative estimate of drug-likeness (QED) is 0.0656. The number of benzene rings is 3. The number of nitrogen functional groups attached to an aromatic ring is 1. The molecule has 3 aromatic carbocycles. The van der Waals surface area contributed by atoms with E-state index in [2.05, 4.69) is 87.5 Å². The van der Waals surface area contributed by atoms with Crippen molar-refractivity contribution in [1.29, 1.82) is 0 Å². The van der Waals surface area contributed by atoms with E-state index in [0.29, 0.717) is 46.5 Å². The Hall–Kier alpha value is -10.9. The fraction of sp³-hybridized carbons (Fsp3) is 0.203. The first kappa shape index (κ1) is 66.1. The van der Waals surface area contributed by atoms with Gasteiger partial charge in [-0.05, 0) is 133 Å². The van der Waals surface area contributed by atoms with E-state index in [0.717, 1.165) is 105 Å². The van der Waals surface area contributed by atoms with E-state index in [1.165, 1.54) is 40.2 Å². The number of nitrogens with two attached hydrogens (primary N) is 1. The molecule has 492 valence electrons. The lowest BCUT2D eigenvalue weighted by Crippen LogP contribution is -2.27. The second-order valence-corrected chi connectivity index (χ2v) is 27.4. The molecule has 7 N–H and O–H groups in total. The zero-order valence-electron chi connectivity index (χ0n) is 54.8. The number of H-pyrrole nitrogens is 3. The predicted molar refractivity (Wildman–Crippen MR) is 390 cm³/mol. The number of rotatable bonds is 11. The average Bonchev–Trinajstić information content (AvgIpc) is 1.61. The van der Waals surface area contributed by atoms with Gasteiger partial charge in [0.2, 0.25) is 11.8 Å². The number of amidine groups is 1. The number of thioether (sulfide) groups is 1. The number of nitrogens with one attached hydrogen (secondary N) is 5. The van der Waals surface area contributed by atoms with E-state index in [1.807, 2.05) is 102 Å². The Bertz CT molecular complexity index is 5180. The molecule has 0 aliphatic carbocycles. The van der Waals surface area contributed by atoms with Crippen LogP contribution in [0.1, 0.15) is 107 Å². The van der Waals surface area contributed by atoms with Crippen LogP contribution in [0.4, 0.5) is 34.0 Å². The van der Waals surface area contributed by atoms with Gasteiger partial charge in [-0.25, -0.2) is 20.0 Å². The molecule has 0 saturated carbocycles. The molecular weight excluding hydrogens is 1300 g/mol. The molecule has 28 heteroatoms. The van der Waals surface area contributed by atoms with Crippen LogP contribution in [0.15, 0.2) is 162 Å². The van der Waals surface area contributed by atoms with Crippen LogP contribution in [0.3, 0.4) is 0 Å². The molecule has 0 unspecified atom stereocenters. The van der Waals surface area contributed by atoms with Crippen molar-refractivity contribution in [1.82, 2.24) is 49.5 Å². The minimum absolute atomic E-state index is 0.117. The van der Waals surface area contributed by atoms with E-state index in [1.54, 1.807) is 104 Å². The summed E-state index contributed by atoms with van der Waals surface area (Å²) in [6, 6.07) is 33.6. The summed E-state index contributed by atoms with van der Waals surface area (Å²) >= 11 is 6.48. The summed E-state index contributed by atoms with van der Waals surface area (Å²) in [5.41, 5.74) is 20.9. The van der Waals surface area contributed by atoms with Gasteiger partial charge in [0.15, 0.2) is 5.17 Å². The molecule has 11 heterocycles. The molecule has 0 atom stereocenters. The van der Waals surface area contributed by atoms with Gasteiger partial charge in [-0.1, -0.05) is 66.4 Å². The van der Waals surface area contributed by atoms with Gasteiger partial charge in [-0.3, -0.25) is 33.1 Å². The number of aryl methyl sites for hydroxylation is 5. The predicted octanol–water partition coefficient (Wildman–Crippen LogP) is 11.6. The number of aromatic amines is 3. The molecule has 2 amide bonds. The molecule has 3 aliphatic heterocycles. The number of fused-ring (bicyclic) bond motifs is 7. The number of carbonyl (C=O) groups is 2. The van der Waals surface area contributed by atoms with Crippen LogP contribution < -0.4 is 43.1 Å². The Morgan fingerprint density at radius 1 is 0.485 bits per heavy atom. The lowest BCUT2D eigenvalue weighted by Gasteiger charge is -2.19. The number of hydrogen-bond donors (Lipinski definition) is 6. The number of anilines is 5. The second-order valence-electron chi connectivity index (χ2n) is 23.0. The summed E-state index contributed by atoms with van der Waals surface area (Å²) in [6.07, 6.45) is 6.80. The highest BCUT2D eigenvalue weighted by Gasteiger charge is 2.33. The van der Waals surface area contributed by atoms with Crippen LogP contribution in [0.5, 0.6) is 0 Å². The zero-order valence-corrected chi connectivity index (χ0v) is 58.1. The number of hydrogen-bond acceptors (Lipinski definition) is 21. The molecule has 0 spiro atoms. The largest absolute Gasteiger partial charge is 0.399 e. The molecule has 8 aromatic heterocycles. The Morgan fingerprint density at radius 2 is 0.845 bits per heavy atom. The van der Waals surface area contributed by atoms with Crippen LogP contribution in [0, 0.1) is 55.4 Å². The van der Waals surface area contributed by atoms with Crippen molar-refractivity contribution < 1.29 is 9.59 Å². The normalized spacial score (nSPS) is 12.9. The summed E-state index contributed by atoms with van der Waals surface area (Å²) in [5, 5.41) is 47.0. The van der Waals surface area contributed by atoms with E-state index in [4.69, 9.17) is 26.0 Å². The van der Waals surface area contributed by atoms with Gasteiger partial charge in [0.05, 0.1) is 19.6 Å². The van der Waals surface area contributed by atoms with Crippen molar-refractivity contribution in [3.8, 4) is 10.0 Å². The number of pyridine rings is 3. The topological polar surface area (TPSA) is 303 Å². The molecule has 0 fully saturated rings. The van der Waals surface area contributed by atoms with Crippen molar-refractivity contribution in [3.05, 3.63) is 252 Å². The minimum Gasteiger partial charge on any atom is -0.399 e. The fourth-order valence-electron chi connectivity index (χ4n) is 11.1. The molecular formula is C69H67N19O5S4. The van der Waals surface area contributed by atoms with Gasteiger partial charge in [0.25, 0.3) is 28.6 Å². The smallest absolute Gasteiger partial charge is 0.253 e. The third-order valence-electron chi connectivity index (χ3n) is 16.4. The lowest BCUT2D eigenvalue weighted by molar-refractivity contribution is -0.115. The maximum absolute atomic E-state index is 12.4. The number of thiophene rings is 3. The Balaban J connectivity index is 0.000000139. The molecule has 0 radical (unpaired) electrons. The molecule has 0 saturated heterocycles. The van der Waals surface area contributed by atoms with E-state index in [9.17, 15) is 24.0 Å². The van der Waals surface area contributed by atoms with E-state index < -0.39 is 0 Å². The number of aromatic nitrogens is 9. The highest BCUT2D eigenvalue weighted by molar-refractivity contribution is 8.13. The average molecular weight is 1370 g/mol. The van der Waals surface area contributed by atoms with Crippen LogP contribution >= 0.6 is 45.8 Å². The van der Waals surface area contributed by atoms with Gasteiger partial charge in [-0.15, -0.1) is 54.4 Å². The SMILES string of the molecule is CC(=O)Nc1ccc(C2=NN(Cc3ccc[nH]c3=O)c3nnc(C)n3-c3sc(C)c(C)c32)cc1.CSC1=Nc2sc(C)c(C)c2C(c2ccc(NC(C)=O)cc2)=NN1Cc1ccc[nH]c1=O.Cc1sc2c(c1C)C(c1ccc(N)cc1)=NN(Cc1ccc[nH]c1=O)c1nnc(C)n1-2. The summed E-state index contributed by atoms with van der Waals surface area (Å²) in [5.74, 6) is 2.38. The molecule has 14 rings (SSSR count). The van der Waals surface area contributed by atoms with Gasteiger partial charge < -0.3 is 31.3 Å². The fourth-order valence-corrected chi connectivity index (χ4v) is 15.1. The van der Waals surface area contributed by atoms with E-state index >= 15 is 0 Å². The lowest BCUT2D eigenvalue weighted by atomic mass is 10.00. The maximum Gasteiger partial charge on any atom is 0.253 e. The summed E-state index contributed by atoms with van der Waals surface area (Å²) in [4.78, 5) is 76.6. The van der Waals surface area contributed by atoms with Gasteiger partial charge in [0, 0.05) is 114 Å². The molecule has 97 heavy (non-hydrogen) atoms. The van der Waals surface area contributed by atoms with Crippen LogP contribution in [0.25, 0.3) is 10.0 Å². The number of carbonyl (C=O) groups excluding carboxylic acids is 2. The van der Waals surface area contributed by atoms with Gasteiger partial charge >= 0.3 is 0 Å². The van der Waals surface area contributed by atoms with Crippen LogP contribution in [0.2, 0.25) is 0 Å². The summed E-state index contributed by atoms with van der Waals surface area (Å²) < 4.78 is 4.02. The Labute approximate surface area is 573 Å². The number of hydrazone groups is 3. The summed E-state index contributed by atoms with van der Waals surface area (Å²) in [6.45, 7) is 20.1. The van der Waals surface area contributed by atoms with Crippen molar-refractivity contribution in [2.45, 2.75) is 88.9 Å². The zero-order chi connectivity index (χ0) is 68.5. The third-order valence-corrected chi connectivity index (χ3v) is 20.5. The Kier molecular flexibility index (Phi) is 18.9. The first-order valence-electron chi connectivity index (χ1n) is 30.6. The van der Waals surface area contributed by atoms with E-state index in [-0.39, 0.29) is 41.6 Å². The monoisotopic (exact) mass is 1370 g/mol. The molecule has 0 bridgehead atoms. The standard InChI is InChI=1S/C24H23N7O2S.C23H23N5O2S2.C22H21N7OS/c1-13-14(2)34-23-20(13)21(17-7-9-19(10-8-17)26-16(4)32)29-30(24-28-27-15(3)31(23)24)12-18-6-5-11-25-22(18)33;1-13-14(2)32-22-19(13)20(16-7-9-18(10-8-16)25-15(3)29)27-28(23(26-22)31-4)12-17-6-5-11-24-21(17)30;1-12-13(2)31-21-18(12)19(15-6-8-17(23)9-7-15)27-28(22-26-25-14(3)29(21)22)11-16-5-4-10-24-20(16)30/h5-11H,12H2,1-4H3,(H,25,33)(H,26,32);5-11H,12H2,1-4H3,(H,24,30)(H,25,29);4-10H,11,23H2,1-3H3,(H,24,30). The van der Waals surface area contributed by atoms with Crippen molar-refractivity contribution in [2.24, 2.45) is 20.3 Å². The molecule has 3 aliphatic rings. The van der Waals surface area contributed by atoms with Crippen molar-refractivity contribution in [3.63, 3.8) is 0 Å². The Morgan fingerprint density at radius 3 is 1.24 bits per heavy atom. The first-order valence-corrected chi connectivity index (χ1v) is 34.3. The van der Waals surface area contributed by atoms with Gasteiger partial charge in [-0.2, -0.15) is 15.3 Å². The van der Waals surface area contributed by atoms with Crippen molar-refractivity contribution in [2.75, 3.05) is 32.6 Å². The highest BCUT2D eigenvalue weighted by atomic mass is 32.2. The number of aliphatic imine (C=N–C) groups is 1. The number of amides is 2.